The topological polar surface area (TPSA) is 71.4 Å². The van der Waals surface area contributed by atoms with Crippen LogP contribution in [0.15, 0.2) is 29.2 Å². The fraction of sp³-hybridized carbons (Fsp3) is 0.533. The lowest BCUT2D eigenvalue weighted by molar-refractivity contribution is -0.140. The Labute approximate surface area is 119 Å². The molecule has 1 aromatic rings. The standard InChI is InChI=1S/C15H20O4S/c1-12-6-8-13(9-7-12)20(18,19)15(14(16)17)10-4-2-3-5-11-15/h6-9H,2-5,10-11H2,1H3,(H,16,17). The van der Waals surface area contributed by atoms with Gasteiger partial charge in [-0.05, 0) is 31.9 Å². The van der Waals surface area contributed by atoms with Crippen LogP contribution in [0.2, 0.25) is 0 Å². The number of sulfone groups is 1. The highest BCUT2D eigenvalue weighted by Gasteiger charge is 2.51. The first-order valence-corrected chi connectivity index (χ1v) is 8.43. The van der Waals surface area contributed by atoms with E-state index in [9.17, 15) is 18.3 Å². The first-order valence-electron chi connectivity index (χ1n) is 6.95. The van der Waals surface area contributed by atoms with Crippen LogP contribution in [0, 0.1) is 6.92 Å². The molecule has 1 N–H and O–H groups in total. The van der Waals surface area contributed by atoms with E-state index < -0.39 is 20.6 Å². The molecule has 1 aliphatic rings. The molecule has 0 unspecified atom stereocenters. The molecule has 0 spiro atoms. The van der Waals surface area contributed by atoms with Gasteiger partial charge in [0.05, 0.1) is 4.90 Å². The SMILES string of the molecule is Cc1ccc(S(=O)(=O)C2(C(=O)O)CCCCCC2)cc1. The van der Waals surface area contributed by atoms with Crippen molar-refractivity contribution in [3.8, 4) is 0 Å². The van der Waals surface area contributed by atoms with Crippen molar-refractivity contribution in [1.82, 2.24) is 0 Å². The summed E-state index contributed by atoms with van der Waals surface area (Å²) in [6.45, 7) is 1.87. The molecule has 1 saturated carbocycles. The molecule has 4 nitrogen and oxygen atoms in total. The van der Waals surface area contributed by atoms with E-state index in [-0.39, 0.29) is 17.7 Å². The molecule has 20 heavy (non-hydrogen) atoms. The monoisotopic (exact) mass is 296 g/mol. The molecule has 0 saturated heterocycles. The summed E-state index contributed by atoms with van der Waals surface area (Å²) in [5.74, 6) is -1.21. The van der Waals surface area contributed by atoms with Crippen LogP contribution in [0.25, 0.3) is 0 Å². The van der Waals surface area contributed by atoms with Crippen molar-refractivity contribution in [3.63, 3.8) is 0 Å². The molecule has 0 amide bonds. The van der Waals surface area contributed by atoms with Gasteiger partial charge < -0.3 is 5.11 Å². The molecule has 2 rings (SSSR count). The quantitative estimate of drug-likeness (QED) is 0.870. The summed E-state index contributed by atoms with van der Waals surface area (Å²) in [7, 11) is -3.86. The van der Waals surface area contributed by atoms with Gasteiger partial charge in [-0.3, -0.25) is 4.79 Å². The molecule has 0 aromatic heterocycles. The summed E-state index contributed by atoms with van der Waals surface area (Å²) in [6.07, 6.45) is 3.52. The molecule has 0 atom stereocenters. The van der Waals surface area contributed by atoms with E-state index in [1.54, 1.807) is 12.1 Å². The lowest BCUT2D eigenvalue weighted by Crippen LogP contribution is -2.46. The second-order valence-corrected chi connectivity index (χ2v) is 7.79. The van der Waals surface area contributed by atoms with Crippen molar-refractivity contribution < 1.29 is 18.3 Å². The van der Waals surface area contributed by atoms with Gasteiger partial charge >= 0.3 is 5.97 Å². The summed E-state index contributed by atoms with van der Waals surface area (Å²) in [6, 6.07) is 6.44. The molecule has 5 heteroatoms. The van der Waals surface area contributed by atoms with Crippen molar-refractivity contribution in [2.24, 2.45) is 0 Å². The second-order valence-electron chi connectivity index (χ2n) is 5.53. The Morgan fingerprint density at radius 2 is 1.55 bits per heavy atom. The Kier molecular flexibility index (Phi) is 4.18. The van der Waals surface area contributed by atoms with Gasteiger partial charge in [-0.2, -0.15) is 0 Å². The number of benzene rings is 1. The van der Waals surface area contributed by atoms with Crippen molar-refractivity contribution >= 4 is 15.8 Å². The Morgan fingerprint density at radius 1 is 1.05 bits per heavy atom. The zero-order valence-electron chi connectivity index (χ0n) is 11.6. The Morgan fingerprint density at radius 3 is 2.00 bits per heavy atom. The number of carboxylic acid groups (broad SMARTS) is 1. The number of aliphatic carboxylic acids is 1. The van der Waals surface area contributed by atoms with E-state index in [1.807, 2.05) is 6.92 Å². The maximum Gasteiger partial charge on any atom is 0.325 e. The van der Waals surface area contributed by atoms with Crippen LogP contribution >= 0.6 is 0 Å². The zero-order chi connectivity index (χ0) is 14.8. The van der Waals surface area contributed by atoms with E-state index >= 15 is 0 Å². The van der Waals surface area contributed by atoms with E-state index in [0.29, 0.717) is 12.8 Å². The van der Waals surface area contributed by atoms with Gasteiger partial charge in [0.25, 0.3) is 0 Å². The molecular weight excluding hydrogens is 276 g/mol. The Balaban J connectivity index is 2.52. The predicted molar refractivity (Wildman–Crippen MR) is 76.4 cm³/mol. The molecule has 0 aliphatic heterocycles. The highest BCUT2D eigenvalue weighted by Crippen LogP contribution is 2.38. The number of rotatable bonds is 3. The summed E-state index contributed by atoms with van der Waals surface area (Å²) in [5.41, 5.74) is 0.953. The number of aryl methyl sites for hydroxylation is 1. The molecule has 1 fully saturated rings. The molecule has 0 radical (unpaired) electrons. The molecule has 1 aliphatic carbocycles. The number of carboxylic acids is 1. The summed E-state index contributed by atoms with van der Waals surface area (Å²) in [4.78, 5) is 11.9. The largest absolute Gasteiger partial charge is 0.480 e. The first-order chi connectivity index (χ1) is 9.40. The number of hydrogen-bond donors (Lipinski definition) is 1. The third kappa shape index (κ3) is 2.46. The third-order valence-corrected chi connectivity index (χ3v) is 6.65. The minimum absolute atomic E-state index is 0.118. The van der Waals surface area contributed by atoms with Gasteiger partial charge in [0.1, 0.15) is 0 Å². The van der Waals surface area contributed by atoms with Crippen molar-refractivity contribution in [2.75, 3.05) is 0 Å². The highest BCUT2D eigenvalue weighted by molar-refractivity contribution is 7.93. The normalized spacial score (nSPS) is 19.2. The van der Waals surface area contributed by atoms with Crippen LogP contribution in [0.1, 0.15) is 44.1 Å². The Hall–Kier alpha value is -1.36. The molecule has 0 bridgehead atoms. The van der Waals surface area contributed by atoms with E-state index in [1.165, 1.54) is 12.1 Å². The van der Waals surface area contributed by atoms with Crippen LogP contribution in [0.5, 0.6) is 0 Å². The number of hydrogen-bond acceptors (Lipinski definition) is 3. The van der Waals surface area contributed by atoms with Crippen molar-refractivity contribution in [2.45, 2.75) is 55.1 Å². The van der Waals surface area contributed by atoms with Gasteiger partial charge in [0.2, 0.25) is 0 Å². The lowest BCUT2D eigenvalue weighted by atomic mass is 9.99. The average Bonchev–Trinajstić information content (AvgIpc) is 2.66. The first kappa shape index (κ1) is 15.0. The minimum atomic E-state index is -3.86. The van der Waals surface area contributed by atoms with Crippen LogP contribution in [-0.2, 0) is 14.6 Å². The van der Waals surface area contributed by atoms with Crippen LogP contribution in [0.3, 0.4) is 0 Å². The van der Waals surface area contributed by atoms with E-state index in [4.69, 9.17) is 0 Å². The molecule has 0 heterocycles. The molecule has 1 aromatic carbocycles. The summed E-state index contributed by atoms with van der Waals surface area (Å²) < 4.78 is 24.0. The van der Waals surface area contributed by atoms with Gasteiger partial charge in [-0.1, -0.05) is 43.4 Å². The van der Waals surface area contributed by atoms with E-state index in [0.717, 1.165) is 18.4 Å². The van der Waals surface area contributed by atoms with Crippen molar-refractivity contribution in [1.29, 1.82) is 0 Å². The Bertz CT molecular complexity index is 579. The summed E-state index contributed by atoms with van der Waals surface area (Å²) >= 11 is 0. The van der Waals surface area contributed by atoms with Crippen LogP contribution < -0.4 is 0 Å². The lowest BCUT2D eigenvalue weighted by Gasteiger charge is -2.27. The smallest absolute Gasteiger partial charge is 0.325 e. The predicted octanol–water partition coefficient (Wildman–Crippen LogP) is 2.95. The molecular formula is C15H20O4S. The van der Waals surface area contributed by atoms with Gasteiger partial charge in [0, 0.05) is 0 Å². The summed E-state index contributed by atoms with van der Waals surface area (Å²) in [5, 5.41) is 9.59. The van der Waals surface area contributed by atoms with Gasteiger partial charge in [-0.15, -0.1) is 0 Å². The van der Waals surface area contributed by atoms with Crippen LogP contribution in [0.4, 0.5) is 0 Å². The average molecular weight is 296 g/mol. The third-order valence-electron chi connectivity index (χ3n) is 4.15. The van der Waals surface area contributed by atoms with Gasteiger partial charge in [-0.25, -0.2) is 8.42 Å². The highest BCUT2D eigenvalue weighted by atomic mass is 32.2. The molecule has 110 valence electrons. The maximum atomic E-state index is 12.8. The number of carbonyl (C=O) groups is 1. The van der Waals surface area contributed by atoms with Crippen molar-refractivity contribution in [3.05, 3.63) is 29.8 Å². The van der Waals surface area contributed by atoms with Gasteiger partial charge in [0.15, 0.2) is 14.6 Å². The fourth-order valence-corrected chi connectivity index (χ4v) is 4.84. The maximum absolute atomic E-state index is 12.8. The van der Waals surface area contributed by atoms with E-state index in [2.05, 4.69) is 0 Å². The fourth-order valence-electron chi connectivity index (χ4n) is 2.84. The minimum Gasteiger partial charge on any atom is -0.480 e. The zero-order valence-corrected chi connectivity index (χ0v) is 12.4. The van der Waals surface area contributed by atoms with Crippen LogP contribution in [-0.4, -0.2) is 24.2 Å². The second kappa shape index (κ2) is 5.56.